The first-order valence-corrected chi connectivity index (χ1v) is 23.5. The first kappa shape index (κ1) is 41.6. The number of rotatable bonds is 10. The van der Waals surface area contributed by atoms with E-state index in [2.05, 4.69) is 24.3 Å². The van der Waals surface area contributed by atoms with Crippen LogP contribution in [0.25, 0.3) is 0 Å². The third-order valence-corrected chi connectivity index (χ3v) is 15.1. The molecule has 0 aromatic heterocycles. The van der Waals surface area contributed by atoms with Crippen molar-refractivity contribution in [3.63, 3.8) is 0 Å². The number of halogens is 2. The molecule has 1 aliphatic rings. The van der Waals surface area contributed by atoms with Crippen LogP contribution in [0.2, 0.25) is 10.0 Å². The van der Waals surface area contributed by atoms with Crippen LogP contribution < -0.4 is 9.47 Å². The van der Waals surface area contributed by atoms with Crippen molar-refractivity contribution in [2.75, 3.05) is 0 Å². The first-order chi connectivity index (χ1) is 28.0. The van der Waals surface area contributed by atoms with Gasteiger partial charge in [-0.1, -0.05) is 105 Å². The van der Waals surface area contributed by atoms with Crippen molar-refractivity contribution in [2.24, 2.45) is 0 Å². The summed E-state index contributed by atoms with van der Waals surface area (Å²) in [5, 5.41) is 0.949. The fourth-order valence-electron chi connectivity index (χ4n) is 7.79. The van der Waals surface area contributed by atoms with E-state index in [1.54, 1.807) is 72.8 Å². The summed E-state index contributed by atoms with van der Waals surface area (Å²) < 4.78 is 65.0. The summed E-state index contributed by atoms with van der Waals surface area (Å²) in [5.41, 5.74) is 2.24. The zero-order valence-electron chi connectivity index (χ0n) is 32.2. The van der Waals surface area contributed by atoms with E-state index in [0.717, 1.165) is 25.7 Å². The molecule has 0 amide bonds. The fourth-order valence-corrected chi connectivity index (χ4v) is 10.6. The largest absolute Gasteiger partial charge is 0.457 e. The number of ether oxygens (including phenoxy) is 2. The molecule has 0 N–H and O–H groups in total. The maximum Gasteiger partial charge on any atom is 0.206 e. The molecule has 0 heterocycles. The van der Waals surface area contributed by atoms with Crippen LogP contribution >= 0.6 is 23.2 Å². The van der Waals surface area contributed by atoms with Crippen LogP contribution in [0.4, 0.5) is 0 Å². The van der Waals surface area contributed by atoms with Gasteiger partial charge in [-0.15, -0.1) is 0 Å². The fraction of sp³-hybridized carbons (Fsp3) is 0.250. The predicted octanol–water partition coefficient (Wildman–Crippen LogP) is 13.8. The van der Waals surface area contributed by atoms with E-state index < -0.39 is 19.7 Å². The van der Waals surface area contributed by atoms with Crippen LogP contribution in [0.3, 0.4) is 0 Å². The van der Waals surface area contributed by atoms with Gasteiger partial charge < -0.3 is 9.47 Å². The molecule has 0 bridgehead atoms. The summed E-state index contributed by atoms with van der Waals surface area (Å²) in [6.07, 6.45) is 13.0. The number of sulfone groups is 2. The third-order valence-electron chi connectivity index (χ3n) is 11.0. The van der Waals surface area contributed by atoms with E-state index in [1.165, 1.54) is 80.3 Å². The van der Waals surface area contributed by atoms with Crippen molar-refractivity contribution in [3.05, 3.63) is 167 Å². The molecule has 1 fully saturated rings. The van der Waals surface area contributed by atoms with Crippen molar-refractivity contribution in [1.29, 1.82) is 0 Å². The zero-order chi connectivity index (χ0) is 40.6. The Balaban J connectivity index is 1.10. The molecule has 1 saturated carbocycles. The van der Waals surface area contributed by atoms with Gasteiger partial charge in [-0.2, -0.15) is 0 Å². The second-order valence-corrected chi connectivity index (χ2v) is 19.6. The van der Waals surface area contributed by atoms with Crippen LogP contribution in [0, 0.1) is 0 Å². The van der Waals surface area contributed by atoms with Crippen LogP contribution in [-0.2, 0) is 25.1 Å². The molecule has 6 aromatic rings. The molecule has 0 saturated heterocycles. The van der Waals surface area contributed by atoms with Gasteiger partial charge in [0.1, 0.15) is 23.0 Å². The van der Waals surface area contributed by atoms with Crippen molar-refractivity contribution >= 4 is 42.9 Å². The van der Waals surface area contributed by atoms with Crippen LogP contribution in [-0.4, -0.2) is 16.8 Å². The third kappa shape index (κ3) is 9.80. The molecule has 0 atom stereocenters. The Morgan fingerprint density at radius 1 is 0.345 bits per heavy atom. The molecule has 0 unspecified atom stereocenters. The van der Waals surface area contributed by atoms with E-state index in [-0.39, 0.29) is 25.0 Å². The Hall–Kier alpha value is -4.60. The summed E-state index contributed by atoms with van der Waals surface area (Å²) in [6, 6.07) is 41.9. The average molecular weight is 854 g/mol. The lowest BCUT2D eigenvalue weighted by molar-refractivity contribution is 0.382. The molecule has 1 aliphatic carbocycles. The van der Waals surface area contributed by atoms with Gasteiger partial charge in [0.15, 0.2) is 0 Å². The monoisotopic (exact) mass is 852 g/mol. The Bertz CT molecular complexity index is 2310. The molecular weight excluding hydrogens is 808 g/mol. The topological polar surface area (TPSA) is 86.7 Å². The molecule has 0 spiro atoms. The Morgan fingerprint density at radius 2 is 0.586 bits per heavy atom. The Labute approximate surface area is 352 Å². The summed E-state index contributed by atoms with van der Waals surface area (Å²) in [4.78, 5) is 0.716. The maximum atomic E-state index is 13.2. The highest BCUT2D eigenvalue weighted by molar-refractivity contribution is 7.91. The van der Waals surface area contributed by atoms with E-state index in [0.29, 0.717) is 33.0 Å². The zero-order valence-corrected chi connectivity index (χ0v) is 35.3. The Morgan fingerprint density at radius 3 is 0.879 bits per heavy atom. The van der Waals surface area contributed by atoms with Gasteiger partial charge in [-0.3, -0.25) is 0 Å². The molecule has 7 rings (SSSR count). The normalized spacial score (nSPS) is 15.4. The summed E-state index contributed by atoms with van der Waals surface area (Å²) in [7, 11) is -7.38. The van der Waals surface area contributed by atoms with Gasteiger partial charge in [0.2, 0.25) is 19.7 Å². The highest BCUT2D eigenvalue weighted by Crippen LogP contribution is 2.44. The standard InChI is InChI=1S/C48H46Cl2O6S2/c49-38-14-26-44(27-15-38)57(51,52)46-30-22-42(23-31-46)55-40-18-10-36(11-19-40)48(34-8-6-4-2-1-3-5-7-9-35-48)37-12-20-41(21-13-37)56-43-24-32-47(33-25-43)58(53,54)45-28-16-39(50)17-29-45/h10-33H,1-9,34-35H2. The van der Waals surface area contributed by atoms with Gasteiger partial charge in [0.05, 0.1) is 19.6 Å². The minimum absolute atomic E-state index is 0.178. The SMILES string of the molecule is O=S(=O)(c1ccc(Cl)cc1)c1ccc(Oc2ccc(C3(c4ccc(Oc5ccc(S(=O)(=O)c6ccc(Cl)cc6)cc5)cc4)CCCCCCCCCCC3)cc2)cc1. The second kappa shape index (κ2) is 18.5. The van der Waals surface area contributed by atoms with E-state index >= 15 is 0 Å². The van der Waals surface area contributed by atoms with Crippen LogP contribution in [0.5, 0.6) is 23.0 Å². The summed E-state index contributed by atoms with van der Waals surface area (Å²) >= 11 is 11.9. The van der Waals surface area contributed by atoms with E-state index in [4.69, 9.17) is 32.7 Å². The van der Waals surface area contributed by atoms with Crippen molar-refractivity contribution in [2.45, 2.75) is 95.6 Å². The summed E-state index contributed by atoms with van der Waals surface area (Å²) in [6.45, 7) is 0. The highest BCUT2D eigenvalue weighted by atomic mass is 35.5. The van der Waals surface area contributed by atoms with Gasteiger partial charge in [0.25, 0.3) is 0 Å². The molecule has 58 heavy (non-hydrogen) atoms. The minimum Gasteiger partial charge on any atom is -0.457 e. The molecule has 300 valence electrons. The molecular formula is C48H46Cl2O6S2. The molecule has 6 nitrogen and oxygen atoms in total. The minimum atomic E-state index is -3.69. The van der Waals surface area contributed by atoms with Gasteiger partial charge in [0, 0.05) is 15.5 Å². The molecule has 10 heteroatoms. The molecule has 0 radical (unpaired) electrons. The first-order valence-electron chi connectivity index (χ1n) is 19.8. The van der Waals surface area contributed by atoms with Crippen molar-refractivity contribution < 1.29 is 26.3 Å². The lowest BCUT2D eigenvalue weighted by Gasteiger charge is -2.36. The second-order valence-electron chi connectivity index (χ2n) is 14.9. The molecule has 6 aromatic carbocycles. The number of benzene rings is 6. The quantitative estimate of drug-likeness (QED) is 0.136. The smallest absolute Gasteiger partial charge is 0.206 e. The number of hydrogen-bond acceptors (Lipinski definition) is 6. The van der Waals surface area contributed by atoms with E-state index in [9.17, 15) is 16.8 Å². The highest BCUT2D eigenvalue weighted by Gasteiger charge is 2.34. The lowest BCUT2D eigenvalue weighted by Crippen LogP contribution is -2.28. The molecule has 0 aliphatic heterocycles. The number of hydrogen-bond donors (Lipinski definition) is 0. The van der Waals surface area contributed by atoms with E-state index in [1.807, 2.05) is 24.3 Å². The maximum absolute atomic E-state index is 13.2. The van der Waals surface area contributed by atoms with Crippen LogP contribution in [0.15, 0.2) is 165 Å². The van der Waals surface area contributed by atoms with Gasteiger partial charge in [-0.05, 0) is 145 Å². The summed E-state index contributed by atoms with van der Waals surface area (Å²) in [5.74, 6) is 2.40. The van der Waals surface area contributed by atoms with Gasteiger partial charge >= 0.3 is 0 Å². The van der Waals surface area contributed by atoms with Gasteiger partial charge in [-0.25, -0.2) is 16.8 Å². The Kier molecular flexibility index (Phi) is 13.3. The van der Waals surface area contributed by atoms with Crippen LogP contribution in [0.1, 0.15) is 81.8 Å². The predicted molar refractivity (Wildman–Crippen MR) is 231 cm³/mol. The van der Waals surface area contributed by atoms with Crippen molar-refractivity contribution in [3.8, 4) is 23.0 Å². The lowest BCUT2D eigenvalue weighted by atomic mass is 9.67. The van der Waals surface area contributed by atoms with Crippen molar-refractivity contribution in [1.82, 2.24) is 0 Å². The average Bonchev–Trinajstić information content (AvgIpc) is 3.23.